The summed E-state index contributed by atoms with van der Waals surface area (Å²) < 4.78 is 0. The van der Waals surface area contributed by atoms with Crippen LogP contribution in [0.4, 0.5) is 0 Å². The monoisotopic (exact) mass is 248 g/mol. The molecule has 2 unspecified atom stereocenters. The summed E-state index contributed by atoms with van der Waals surface area (Å²) in [5.41, 5.74) is 7.51. The highest BCUT2D eigenvalue weighted by Crippen LogP contribution is 2.29. The van der Waals surface area contributed by atoms with E-state index in [1.54, 1.807) is 0 Å². The average molecular weight is 248 g/mol. The van der Waals surface area contributed by atoms with Crippen LogP contribution in [0.5, 0.6) is 0 Å². The van der Waals surface area contributed by atoms with E-state index in [-0.39, 0.29) is 12.6 Å². The van der Waals surface area contributed by atoms with Gasteiger partial charge in [-0.05, 0) is 24.3 Å². The molecule has 1 aliphatic rings. The fraction of sp³-hybridized carbons (Fsp3) is 0.600. The molecular weight excluding hydrogens is 224 g/mol. The Morgan fingerprint density at radius 1 is 1.33 bits per heavy atom. The summed E-state index contributed by atoms with van der Waals surface area (Å²) in [5.74, 6) is 0.402. The standard InChI is InChI=1S/C15H24N2O/c1-12(11-17(9-10-18)14-7-8-14)15(16)13-5-3-2-4-6-13/h2-6,12,14-15,18H,7-11,16H2,1H3. The van der Waals surface area contributed by atoms with Gasteiger partial charge in [0.2, 0.25) is 0 Å². The third-order valence-corrected chi connectivity index (χ3v) is 3.77. The van der Waals surface area contributed by atoms with Crippen molar-refractivity contribution in [3.63, 3.8) is 0 Å². The van der Waals surface area contributed by atoms with E-state index in [1.807, 2.05) is 18.2 Å². The van der Waals surface area contributed by atoms with Gasteiger partial charge in [-0.3, -0.25) is 4.90 Å². The molecule has 0 radical (unpaired) electrons. The minimum Gasteiger partial charge on any atom is -0.395 e. The Hall–Kier alpha value is -0.900. The molecule has 2 atom stereocenters. The molecule has 3 N–H and O–H groups in total. The highest BCUT2D eigenvalue weighted by atomic mass is 16.3. The van der Waals surface area contributed by atoms with Crippen LogP contribution in [0.1, 0.15) is 31.4 Å². The van der Waals surface area contributed by atoms with Crippen molar-refractivity contribution in [3.8, 4) is 0 Å². The molecule has 0 spiro atoms. The van der Waals surface area contributed by atoms with Crippen molar-refractivity contribution in [1.82, 2.24) is 4.90 Å². The number of aliphatic hydroxyl groups is 1. The van der Waals surface area contributed by atoms with Gasteiger partial charge in [-0.1, -0.05) is 37.3 Å². The highest BCUT2D eigenvalue weighted by Gasteiger charge is 2.30. The summed E-state index contributed by atoms with van der Waals surface area (Å²) in [7, 11) is 0. The Morgan fingerprint density at radius 3 is 2.56 bits per heavy atom. The molecule has 0 amide bonds. The predicted octanol–water partition coefficient (Wildman–Crippen LogP) is 1.78. The first-order valence-electron chi connectivity index (χ1n) is 6.88. The van der Waals surface area contributed by atoms with E-state index in [2.05, 4.69) is 24.0 Å². The number of nitrogens with two attached hydrogens (primary N) is 1. The molecule has 0 aliphatic heterocycles. The van der Waals surface area contributed by atoms with Crippen LogP contribution < -0.4 is 5.73 Å². The fourth-order valence-corrected chi connectivity index (χ4v) is 2.48. The van der Waals surface area contributed by atoms with E-state index in [0.717, 1.165) is 13.1 Å². The molecule has 0 saturated heterocycles. The molecule has 1 aromatic rings. The van der Waals surface area contributed by atoms with Crippen LogP contribution in [0.2, 0.25) is 0 Å². The normalized spacial score (nSPS) is 18.9. The van der Waals surface area contributed by atoms with Crippen LogP contribution in [0.3, 0.4) is 0 Å². The molecule has 18 heavy (non-hydrogen) atoms. The number of benzene rings is 1. The van der Waals surface area contributed by atoms with Crippen molar-refractivity contribution in [2.45, 2.75) is 31.8 Å². The summed E-state index contributed by atoms with van der Waals surface area (Å²) in [5, 5.41) is 9.11. The number of aliphatic hydroxyl groups excluding tert-OH is 1. The molecule has 0 heterocycles. The van der Waals surface area contributed by atoms with Gasteiger partial charge in [0.15, 0.2) is 0 Å². The van der Waals surface area contributed by atoms with Gasteiger partial charge in [0.25, 0.3) is 0 Å². The van der Waals surface area contributed by atoms with Crippen molar-refractivity contribution in [1.29, 1.82) is 0 Å². The van der Waals surface area contributed by atoms with Crippen molar-refractivity contribution < 1.29 is 5.11 Å². The lowest BCUT2D eigenvalue weighted by Crippen LogP contribution is -2.36. The summed E-state index contributed by atoms with van der Waals surface area (Å²) in [6.45, 7) is 4.19. The zero-order valence-corrected chi connectivity index (χ0v) is 11.1. The molecule has 1 aromatic carbocycles. The number of hydrogen-bond acceptors (Lipinski definition) is 3. The average Bonchev–Trinajstić information content (AvgIpc) is 3.22. The van der Waals surface area contributed by atoms with Crippen molar-refractivity contribution in [2.75, 3.05) is 19.7 Å². The van der Waals surface area contributed by atoms with Crippen molar-refractivity contribution in [3.05, 3.63) is 35.9 Å². The van der Waals surface area contributed by atoms with Gasteiger partial charge >= 0.3 is 0 Å². The fourth-order valence-electron chi connectivity index (χ4n) is 2.48. The van der Waals surface area contributed by atoms with Gasteiger partial charge in [-0.2, -0.15) is 0 Å². The molecule has 2 rings (SSSR count). The van der Waals surface area contributed by atoms with E-state index < -0.39 is 0 Å². The van der Waals surface area contributed by atoms with Crippen LogP contribution in [0, 0.1) is 5.92 Å². The lowest BCUT2D eigenvalue weighted by molar-refractivity contribution is 0.164. The quantitative estimate of drug-likeness (QED) is 0.773. The van der Waals surface area contributed by atoms with Crippen LogP contribution in [0.15, 0.2) is 30.3 Å². The Labute approximate surface area is 110 Å². The molecule has 1 fully saturated rings. The van der Waals surface area contributed by atoms with E-state index in [9.17, 15) is 0 Å². The van der Waals surface area contributed by atoms with Crippen LogP contribution in [-0.4, -0.2) is 35.7 Å². The van der Waals surface area contributed by atoms with Gasteiger partial charge in [-0.15, -0.1) is 0 Å². The second-order valence-corrected chi connectivity index (χ2v) is 5.36. The number of rotatable bonds is 7. The van der Waals surface area contributed by atoms with Crippen LogP contribution >= 0.6 is 0 Å². The maximum absolute atomic E-state index is 9.11. The first kappa shape index (κ1) is 13.5. The zero-order chi connectivity index (χ0) is 13.0. The molecule has 3 heteroatoms. The minimum atomic E-state index is 0.0751. The lowest BCUT2D eigenvalue weighted by atomic mass is 9.95. The Morgan fingerprint density at radius 2 is 2.00 bits per heavy atom. The van der Waals surface area contributed by atoms with E-state index in [0.29, 0.717) is 12.0 Å². The molecule has 1 aliphatic carbocycles. The number of nitrogens with zero attached hydrogens (tertiary/aromatic N) is 1. The van der Waals surface area contributed by atoms with Gasteiger partial charge in [-0.25, -0.2) is 0 Å². The first-order valence-corrected chi connectivity index (χ1v) is 6.88. The first-order chi connectivity index (χ1) is 8.72. The van der Waals surface area contributed by atoms with E-state index in [1.165, 1.54) is 18.4 Å². The summed E-state index contributed by atoms with van der Waals surface area (Å²) in [6, 6.07) is 11.0. The minimum absolute atomic E-state index is 0.0751. The van der Waals surface area contributed by atoms with Gasteiger partial charge in [0.1, 0.15) is 0 Å². The summed E-state index contributed by atoms with van der Waals surface area (Å²) in [6.07, 6.45) is 2.54. The zero-order valence-electron chi connectivity index (χ0n) is 11.1. The molecule has 3 nitrogen and oxygen atoms in total. The van der Waals surface area contributed by atoms with Gasteiger partial charge in [0.05, 0.1) is 6.61 Å². The van der Waals surface area contributed by atoms with Crippen molar-refractivity contribution >= 4 is 0 Å². The van der Waals surface area contributed by atoms with Crippen molar-refractivity contribution in [2.24, 2.45) is 11.7 Å². The maximum Gasteiger partial charge on any atom is 0.0558 e. The molecular formula is C15H24N2O. The Balaban J connectivity index is 1.91. The van der Waals surface area contributed by atoms with Crippen LogP contribution in [-0.2, 0) is 0 Å². The second kappa shape index (κ2) is 6.32. The highest BCUT2D eigenvalue weighted by molar-refractivity contribution is 5.19. The second-order valence-electron chi connectivity index (χ2n) is 5.36. The Kier molecular flexibility index (Phi) is 4.75. The maximum atomic E-state index is 9.11. The molecule has 100 valence electrons. The third-order valence-electron chi connectivity index (χ3n) is 3.77. The summed E-state index contributed by atoms with van der Waals surface area (Å²) >= 11 is 0. The molecule has 1 saturated carbocycles. The van der Waals surface area contributed by atoms with E-state index >= 15 is 0 Å². The largest absolute Gasteiger partial charge is 0.395 e. The molecule has 0 aromatic heterocycles. The predicted molar refractivity (Wildman–Crippen MR) is 74.2 cm³/mol. The lowest BCUT2D eigenvalue weighted by Gasteiger charge is -2.28. The SMILES string of the molecule is CC(CN(CCO)C1CC1)C(N)c1ccccc1. The summed E-state index contributed by atoms with van der Waals surface area (Å²) in [4.78, 5) is 2.38. The van der Waals surface area contributed by atoms with Crippen LogP contribution in [0.25, 0.3) is 0 Å². The Bertz CT molecular complexity index is 351. The number of hydrogen-bond donors (Lipinski definition) is 2. The molecule has 0 bridgehead atoms. The van der Waals surface area contributed by atoms with Gasteiger partial charge in [0, 0.05) is 25.2 Å². The smallest absolute Gasteiger partial charge is 0.0558 e. The third kappa shape index (κ3) is 3.55. The van der Waals surface area contributed by atoms with Gasteiger partial charge < -0.3 is 10.8 Å². The topological polar surface area (TPSA) is 49.5 Å². The van der Waals surface area contributed by atoms with E-state index in [4.69, 9.17) is 10.8 Å².